The number of carbonyl (C=O) groups excluding carboxylic acids is 1. The lowest BCUT2D eigenvalue weighted by Crippen LogP contribution is -2.19. The fraction of sp³-hybridized carbons (Fsp3) is 0.583. The van der Waals surface area contributed by atoms with E-state index >= 15 is 0 Å². The van der Waals surface area contributed by atoms with Crippen molar-refractivity contribution in [3.63, 3.8) is 0 Å². The molecule has 1 rings (SSSR count). The predicted molar refractivity (Wildman–Crippen MR) is 71.1 cm³/mol. The molecule has 1 aromatic heterocycles. The lowest BCUT2D eigenvalue weighted by molar-refractivity contribution is 0.0519. The normalized spacial score (nSPS) is 10.7. The molecule has 0 saturated carbocycles. The van der Waals surface area contributed by atoms with Crippen molar-refractivity contribution in [1.82, 2.24) is 9.97 Å². The molecule has 0 aliphatic carbocycles. The third-order valence-corrected chi connectivity index (χ3v) is 3.52. The van der Waals surface area contributed by atoms with Gasteiger partial charge >= 0.3 is 11.7 Å². The smallest absolute Gasteiger partial charge is 0.346 e. The first-order chi connectivity index (χ1) is 8.45. The summed E-state index contributed by atoms with van der Waals surface area (Å²) in [6.07, 6.45) is 0. The van der Waals surface area contributed by atoms with Gasteiger partial charge in [0.05, 0.1) is 6.61 Å². The van der Waals surface area contributed by atoms with Gasteiger partial charge in [0.15, 0.2) is 0 Å². The molecule has 0 aliphatic rings. The lowest BCUT2D eigenvalue weighted by atomic mass is 10.2. The van der Waals surface area contributed by atoms with Gasteiger partial charge in [0, 0.05) is 11.4 Å². The number of nitrogens with zero attached hydrogens (tertiary/aromatic N) is 1. The summed E-state index contributed by atoms with van der Waals surface area (Å²) in [4.78, 5) is 29.6. The van der Waals surface area contributed by atoms with E-state index in [0.717, 1.165) is 5.75 Å². The number of carbonyl (C=O) groups is 1. The van der Waals surface area contributed by atoms with Crippen LogP contribution >= 0.6 is 11.8 Å². The molecular formula is C12H18N2O3S. The topological polar surface area (TPSA) is 72.0 Å². The summed E-state index contributed by atoms with van der Waals surface area (Å²) in [6.45, 7) is 7.85. The summed E-state index contributed by atoms with van der Waals surface area (Å²) in [7, 11) is 0. The maximum absolute atomic E-state index is 11.8. The van der Waals surface area contributed by atoms with Crippen LogP contribution in [0.2, 0.25) is 0 Å². The number of aryl methyl sites for hydroxylation is 1. The Hall–Kier alpha value is -1.30. The number of nitrogens with one attached hydrogen (secondary N) is 1. The fourth-order valence-electron chi connectivity index (χ4n) is 1.35. The molecule has 0 fully saturated rings. The average Bonchev–Trinajstić information content (AvgIpc) is 2.25. The maximum Gasteiger partial charge on any atom is 0.346 e. The molecular weight excluding hydrogens is 252 g/mol. The predicted octanol–water partition coefficient (Wildman–Crippen LogP) is 2.00. The van der Waals surface area contributed by atoms with E-state index in [1.807, 2.05) is 0 Å². The van der Waals surface area contributed by atoms with Crippen molar-refractivity contribution in [2.24, 2.45) is 5.92 Å². The molecule has 0 aliphatic heterocycles. The summed E-state index contributed by atoms with van der Waals surface area (Å²) in [6, 6.07) is 0. The van der Waals surface area contributed by atoms with E-state index in [1.54, 1.807) is 13.8 Å². The van der Waals surface area contributed by atoms with Gasteiger partial charge in [0.1, 0.15) is 10.6 Å². The van der Waals surface area contributed by atoms with Crippen molar-refractivity contribution in [2.45, 2.75) is 32.7 Å². The first-order valence-corrected chi connectivity index (χ1v) is 6.85. The quantitative estimate of drug-likeness (QED) is 0.503. The molecule has 18 heavy (non-hydrogen) atoms. The summed E-state index contributed by atoms with van der Waals surface area (Å²) in [5.74, 6) is 0.805. The molecule has 0 aromatic carbocycles. The molecule has 0 amide bonds. The van der Waals surface area contributed by atoms with Crippen molar-refractivity contribution in [3.05, 3.63) is 21.7 Å². The molecule has 1 aromatic rings. The Labute approximate surface area is 110 Å². The van der Waals surface area contributed by atoms with Crippen LogP contribution in [0.1, 0.15) is 36.8 Å². The number of ether oxygens (including phenoxy) is 1. The number of H-pyrrole nitrogens is 1. The van der Waals surface area contributed by atoms with Gasteiger partial charge in [0.25, 0.3) is 0 Å². The lowest BCUT2D eigenvalue weighted by Gasteiger charge is -2.10. The van der Waals surface area contributed by atoms with Gasteiger partial charge in [-0.2, -0.15) is 4.98 Å². The van der Waals surface area contributed by atoms with E-state index in [0.29, 0.717) is 28.8 Å². The van der Waals surface area contributed by atoms with Crippen LogP contribution in [0, 0.1) is 12.8 Å². The average molecular weight is 270 g/mol. The Balaban J connectivity index is 3.12. The number of aromatic nitrogens is 2. The molecule has 0 spiro atoms. The van der Waals surface area contributed by atoms with E-state index in [-0.39, 0.29) is 0 Å². The molecule has 0 unspecified atom stereocenters. The zero-order valence-corrected chi connectivity index (χ0v) is 11.9. The Morgan fingerprint density at radius 1 is 1.50 bits per heavy atom. The van der Waals surface area contributed by atoms with Gasteiger partial charge in [-0.25, -0.2) is 9.59 Å². The van der Waals surface area contributed by atoms with E-state index in [9.17, 15) is 9.59 Å². The summed E-state index contributed by atoms with van der Waals surface area (Å²) in [5.41, 5.74) is 0.425. The van der Waals surface area contributed by atoms with Crippen molar-refractivity contribution in [1.29, 1.82) is 0 Å². The second kappa shape index (κ2) is 6.58. The van der Waals surface area contributed by atoms with E-state index in [1.165, 1.54) is 11.8 Å². The van der Waals surface area contributed by atoms with Crippen LogP contribution in [0.4, 0.5) is 0 Å². The monoisotopic (exact) mass is 270 g/mol. The summed E-state index contributed by atoms with van der Waals surface area (Å²) >= 11 is 1.41. The van der Waals surface area contributed by atoms with Gasteiger partial charge in [-0.15, -0.1) is 11.8 Å². The minimum Gasteiger partial charge on any atom is -0.462 e. The Bertz CT molecular complexity index is 483. The molecule has 6 heteroatoms. The number of thioether (sulfide) groups is 1. The van der Waals surface area contributed by atoms with Crippen molar-refractivity contribution >= 4 is 17.7 Å². The second-order valence-corrected chi connectivity index (χ2v) is 5.28. The highest BCUT2D eigenvalue weighted by Crippen LogP contribution is 2.23. The van der Waals surface area contributed by atoms with Crippen molar-refractivity contribution < 1.29 is 9.53 Å². The first-order valence-electron chi connectivity index (χ1n) is 5.86. The number of rotatable bonds is 5. The van der Waals surface area contributed by atoms with Gasteiger partial charge in [-0.3, -0.25) is 0 Å². The first kappa shape index (κ1) is 14.8. The summed E-state index contributed by atoms with van der Waals surface area (Å²) < 4.78 is 4.98. The second-order valence-electron chi connectivity index (χ2n) is 4.27. The molecule has 1 N–H and O–H groups in total. The van der Waals surface area contributed by atoms with Crippen LogP contribution < -0.4 is 5.69 Å². The number of esters is 1. The van der Waals surface area contributed by atoms with Crippen LogP contribution in [-0.2, 0) is 4.74 Å². The summed E-state index contributed by atoms with van der Waals surface area (Å²) in [5, 5.41) is 0.448. The molecule has 100 valence electrons. The number of aromatic amines is 1. The third-order valence-electron chi connectivity index (χ3n) is 2.12. The van der Waals surface area contributed by atoms with Crippen LogP contribution in [0.25, 0.3) is 0 Å². The maximum atomic E-state index is 11.8. The van der Waals surface area contributed by atoms with E-state index in [4.69, 9.17) is 4.74 Å². The van der Waals surface area contributed by atoms with Crippen molar-refractivity contribution in [3.8, 4) is 0 Å². The van der Waals surface area contributed by atoms with Gasteiger partial charge in [-0.05, 0) is 19.8 Å². The van der Waals surface area contributed by atoms with Crippen LogP contribution in [0.15, 0.2) is 9.82 Å². The van der Waals surface area contributed by atoms with Crippen LogP contribution in [0.3, 0.4) is 0 Å². The molecule has 5 nitrogen and oxygen atoms in total. The third kappa shape index (κ3) is 3.87. The minimum absolute atomic E-state index is 0.297. The standard InChI is InChI=1S/C12H18N2O3S/c1-5-17-11(15)9-8(4)13-12(16)14-10(9)18-6-7(2)3/h7H,5-6H2,1-4H3,(H,13,14,16). The molecule has 0 bridgehead atoms. The Kier molecular flexibility index (Phi) is 5.40. The van der Waals surface area contributed by atoms with Crippen molar-refractivity contribution in [2.75, 3.05) is 12.4 Å². The zero-order chi connectivity index (χ0) is 13.7. The van der Waals surface area contributed by atoms with Crippen LogP contribution in [-0.4, -0.2) is 28.3 Å². The van der Waals surface area contributed by atoms with E-state index in [2.05, 4.69) is 23.8 Å². The molecule has 0 atom stereocenters. The van der Waals surface area contributed by atoms with Gasteiger partial charge in [0.2, 0.25) is 0 Å². The zero-order valence-electron chi connectivity index (χ0n) is 11.1. The highest BCUT2D eigenvalue weighted by atomic mass is 32.2. The van der Waals surface area contributed by atoms with Gasteiger partial charge < -0.3 is 9.72 Å². The SMILES string of the molecule is CCOC(=O)c1c(SCC(C)C)nc(=O)[nH]c1C. The highest BCUT2D eigenvalue weighted by Gasteiger charge is 2.19. The molecule has 0 saturated heterocycles. The highest BCUT2D eigenvalue weighted by molar-refractivity contribution is 7.99. The van der Waals surface area contributed by atoms with Crippen LogP contribution in [0.5, 0.6) is 0 Å². The Morgan fingerprint density at radius 2 is 2.17 bits per heavy atom. The minimum atomic E-state index is -0.440. The molecule has 0 radical (unpaired) electrons. The fourth-order valence-corrected chi connectivity index (χ4v) is 2.37. The Morgan fingerprint density at radius 3 is 2.72 bits per heavy atom. The van der Waals surface area contributed by atoms with E-state index < -0.39 is 11.7 Å². The number of hydrogen-bond acceptors (Lipinski definition) is 5. The number of hydrogen-bond donors (Lipinski definition) is 1. The molecule has 1 heterocycles. The van der Waals surface area contributed by atoms with Gasteiger partial charge in [-0.1, -0.05) is 13.8 Å². The largest absolute Gasteiger partial charge is 0.462 e.